The maximum Gasteiger partial charge on any atom is 0.305 e. The van der Waals surface area contributed by atoms with E-state index in [1.807, 2.05) is 13.1 Å². The van der Waals surface area contributed by atoms with Gasteiger partial charge in [-0.1, -0.05) is 19.3 Å². The van der Waals surface area contributed by atoms with Gasteiger partial charge in [0.05, 0.1) is 18.2 Å². The van der Waals surface area contributed by atoms with Crippen LogP contribution in [0.25, 0.3) is 5.52 Å². The third-order valence-electron chi connectivity index (χ3n) is 4.60. The fourth-order valence-corrected chi connectivity index (χ4v) is 3.45. The Hall–Kier alpha value is -2.11. The lowest BCUT2D eigenvalue weighted by Crippen LogP contribution is -2.50. The third-order valence-corrected chi connectivity index (χ3v) is 4.60. The van der Waals surface area contributed by atoms with E-state index in [9.17, 15) is 9.90 Å². The summed E-state index contributed by atoms with van der Waals surface area (Å²) in [6, 6.07) is 1.91. The molecule has 2 aromatic rings. The monoisotopic (exact) mass is 288 g/mol. The van der Waals surface area contributed by atoms with Gasteiger partial charge in [0.2, 0.25) is 0 Å². The van der Waals surface area contributed by atoms with E-state index in [4.69, 9.17) is 0 Å². The van der Waals surface area contributed by atoms with Crippen LogP contribution >= 0.6 is 0 Å². The molecule has 0 unspecified atom stereocenters. The number of hydrogen-bond acceptors (Lipinski definition) is 4. The first-order chi connectivity index (χ1) is 10.1. The molecule has 0 spiro atoms. The van der Waals surface area contributed by atoms with Gasteiger partial charge in [-0.15, -0.1) is 0 Å². The number of aliphatic carboxylic acids is 1. The molecule has 1 fully saturated rings. The van der Waals surface area contributed by atoms with Gasteiger partial charge in [-0.05, 0) is 18.9 Å². The molecule has 21 heavy (non-hydrogen) atoms. The Balaban J connectivity index is 2.02. The Morgan fingerprint density at radius 1 is 1.38 bits per heavy atom. The quantitative estimate of drug-likeness (QED) is 0.935. The fraction of sp³-hybridized carbons (Fsp3) is 0.533. The number of aromatic nitrogens is 3. The molecule has 1 aliphatic carbocycles. The molecule has 0 aliphatic heterocycles. The number of nitrogens with zero attached hydrogens (tertiary/aromatic N) is 4. The second-order valence-electron chi connectivity index (χ2n) is 5.83. The van der Waals surface area contributed by atoms with Crippen molar-refractivity contribution in [2.24, 2.45) is 0 Å². The zero-order valence-electron chi connectivity index (χ0n) is 12.2. The van der Waals surface area contributed by atoms with Crippen molar-refractivity contribution in [3.05, 3.63) is 24.7 Å². The van der Waals surface area contributed by atoms with Crippen LogP contribution in [0, 0.1) is 0 Å². The minimum atomic E-state index is -0.746. The molecule has 0 saturated heterocycles. The number of hydrogen-bond donors (Lipinski definition) is 1. The number of carbonyl (C=O) groups is 1. The van der Waals surface area contributed by atoms with Crippen LogP contribution in [0.2, 0.25) is 0 Å². The zero-order valence-corrected chi connectivity index (χ0v) is 12.2. The van der Waals surface area contributed by atoms with Crippen molar-refractivity contribution in [2.75, 3.05) is 11.9 Å². The van der Waals surface area contributed by atoms with Crippen LogP contribution in [-0.2, 0) is 4.79 Å². The highest BCUT2D eigenvalue weighted by molar-refractivity contribution is 5.73. The van der Waals surface area contributed by atoms with E-state index in [0.29, 0.717) is 0 Å². The van der Waals surface area contributed by atoms with Crippen molar-refractivity contribution in [2.45, 2.75) is 44.1 Å². The Bertz CT molecular complexity index is 646. The summed E-state index contributed by atoms with van der Waals surface area (Å²) in [6.07, 6.45) is 10.5. The van der Waals surface area contributed by atoms with Gasteiger partial charge in [0.1, 0.15) is 5.52 Å². The normalized spacial score (nSPS) is 17.8. The van der Waals surface area contributed by atoms with Gasteiger partial charge in [-0.25, -0.2) is 9.50 Å². The Morgan fingerprint density at radius 3 is 2.86 bits per heavy atom. The highest BCUT2D eigenvalue weighted by Gasteiger charge is 2.39. The zero-order chi connectivity index (χ0) is 14.9. The van der Waals surface area contributed by atoms with Gasteiger partial charge in [0.25, 0.3) is 0 Å². The molecule has 0 radical (unpaired) electrons. The fourth-order valence-electron chi connectivity index (χ4n) is 3.45. The van der Waals surface area contributed by atoms with E-state index in [1.54, 1.807) is 23.1 Å². The lowest BCUT2D eigenvalue weighted by atomic mass is 9.78. The minimum Gasteiger partial charge on any atom is -0.481 e. The summed E-state index contributed by atoms with van der Waals surface area (Å²) in [5.74, 6) is 0.0577. The molecule has 1 N–H and O–H groups in total. The highest BCUT2D eigenvalue weighted by atomic mass is 16.4. The number of carboxylic acid groups (broad SMARTS) is 1. The summed E-state index contributed by atoms with van der Waals surface area (Å²) in [5, 5.41) is 13.6. The number of fused-ring (bicyclic) bond motifs is 1. The van der Waals surface area contributed by atoms with Crippen LogP contribution in [0.5, 0.6) is 0 Å². The summed E-state index contributed by atoms with van der Waals surface area (Å²) in [7, 11) is 1.96. The summed E-state index contributed by atoms with van der Waals surface area (Å²) < 4.78 is 1.77. The van der Waals surface area contributed by atoms with Gasteiger partial charge in [0, 0.05) is 19.4 Å². The third kappa shape index (κ3) is 2.46. The molecule has 6 nitrogen and oxygen atoms in total. The van der Waals surface area contributed by atoms with E-state index >= 15 is 0 Å². The van der Waals surface area contributed by atoms with Crippen molar-refractivity contribution in [1.29, 1.82) is 0 Å². The predicted octanol–water partition coefficient (Wildman–Crippen LogP) is 2.34. The standard InChI is InChI=1S/C15H20N4O2/c1-18(14-12-5-8-17-19(12)10-9-16-14)15(11-13(20)21)6-3-2-4-7-15/h5,8-10H,2-4,6-7,11H2,1H3,(H,20,21). The summed E-state index contributed by atoms with van der Waals surface area (Å²) in [6.45, 7) is 0. The average molecular weight is 288 g/mol. The lowest BCUT2D eigenvalue weighted by Gasteiger charge is -2.44. The molecule has 2 heterocycles. The SMILES string of the molecule is CN(c1nccn2nccc12)C1(CC(=O)O)CCCCC1. The second kappa shape index (κ2) is 5.35. The molecular weight excluding hydrogens is 268 g/mol. The van der Waals surface area contributed by atoms with Gasteiger partial charge >= 0.3 is 5.97 Å². The molecule has 0 aromatic carbocycles. The Morgan fingerprint density at radius 2 is 2.14 bits per heavy atom. The summed E-state index contributed by atoms with van der Waals surface area (Å²) >= 11 is 0. The van der Waals surface area contributed by atoms with Crippen molar-refractivity contribution in [1.82, 2.24) is 14.6 Å². The van der Waals surface area contributed by atoms with Crippen LogP contribution in [0.15, 0.2) is 24.7 Å². The minimum absolute atomic E-state index is 0.153. The lowest BCUT2D eigenvalue weighted by molar-refractivity contribution is -0.138. The van der Waals surface area contributed by atoms with E-state index in [2.05, 4.69) is 15.0 Å². The highest BCUT2D eigenvalue weighted by Crippen LogP contribution is 2.38. The van der Waals surface area contributed by atoms with E-state index in [-0.39, 0.29) is 12.0 Å². The van der Waals surface area contributed by atoms with E-state index in [0.717, 1.165) is 37.0 Å². The summed E-state index contributed by atoms with van der Waals surface area (Å²) in [5.41, 5.74) is 0.568. The van der Waals surface area contributed by atoms with Gasteiger partial charge in [-0.3, -0.25) is 4.79 Å². The van der Waals surface area contributed by atoms with E-state index < -0.39 is 5.97 Å². The Kier molecular flexibility index (Phi) is 3.53. The van der Waals surface area contributed by atoms with Crippen LogP contribution in [0.3, 0.4) is 0 Å². The van der Waals surface area contributed by atoms with Crippen LogP contribution < -0.4 is 4.90 Å². The van der Waals surface area contributed by atoms with Crippen molar-refractivity contribution >= 4 is 17.3 Å². The van der Waals surface area contributed by atoms with Gasteiger partial charge < -0.3 is 10.0 Å². The molecule has 1 saturated carbocycles. The number of carboxylic acids is 1. The molecule has 0 atom stereocenters. The molecule has 0 amide bonds. The van der Waals surface area contributed by atoms with Crippen molar-refractivity contribution in [3.8, 4) is 0 Å². The molecule has 1 aliphatic rings. The maximum atomic E-state index is 11.4. The molecule has 112 valence electrons. The predicted molar refractivity (Wildman–Crippen MR) is 79.5 cm³/mol. The van der Waals surface area contributed by atoms with E-state index in [1.165, 1.54) is 6.42 Å². The molecular formula is C15H20N4O2. The molecule has 2 aromatic heterocycles. The topological polar surface area (TPSA) is 70.7 Å². The average Bonchev–Trinajstić information content (AvgIpc) is 2.95. The maximum absolute atomic E-state index is 11.4. The molecule has 3 rings (SSSR count). The summed E-state index contributed by atoms with van der Waals surface area (Å²) in [4.78, 5) is 17.9. The van der Waals surface area contributed by atoms with Crippen molar-refractivity contribution < 1.29 is 9.90 Å². The van der Waals surface area contributed by atoms with Crippen LogP contribution in [0.4, 0.5) is 5.82 Å². The van der Waals surface area contributed by atoms with Crippen LogP contribution in [-0.4, -0.2) is 38.3 Å². The molecule has 0 bridgehead atoms. The van der Waals surface area contributed by atoms with Crippen LogP contribution in [0.1, 0.15) is 38.5 Å². The second-order valence-corrected chi connectivity index (χ2v) is 5.83. The smallest absolute Gasteiger partial charge is 0.305 e. The molecule has 6 heteroatoms. The van der Waals surface area contributed by atoms with Gasteiger partial charge in [-0.2, -0.15) is 5.10 Å². The van der Waals surface area contributed by atoms with Gasteiger partial charge in [0.15, 0.2) is 5.82 Å². The first kappa shape index (κ1) is 13.9. The first-order valence-corrected chi connectivity index (χ1v) is 7.36. The number of anilines is 1. The first-order valence-electron chi connectivity index (χ1n) is 7.36. The number of rotatable bonds is 4. The Labute approximate surface area is 123 Å². The van der Waals surface area contributed by atoms with Crippen molar-refractivity contribution in [3.63, 3.8) is 0 Å². The largest absolute Gasteiger partial charge is 0.481 e.